The highest BCUT2D eigenvalue weighted by Gasteiger charge is 2.56. The average Bonchev–Trinajstić information content (AvgIpc) is 3.78. The average molecular weight is 997 g/mol. The molecule has 8 N–H and O–H groups in total. The second-order valence-electron chi connectivity index (χ2n) is 16.3. The van der Waals surface area contributed by atoms with Gasteiger partial charge in [-0.25, -0.2) is 4.79 Å². The number of nitrogens with zero attached hydrogens (tertiary/aromatic N) is 4. The Kier molecular flexibility index (Phi) is 11.9. The van der Waals surface area contributed by atoms with Gasteiger partial charge in [0.2, 0.25) is 5.91 Å². The van der Waals surface area contributed by atoms with Crippen molar-refractivity contribution in [1.82, 2.24) is 25.4 Å². The van der Waals surface area contributed by atoms with Crippen LogP contribution < -0.4 is 31.6 Å². The van der Waals surface area contributed by atoms with Crippen LogP contribution in [-0.4, -0.2) is 84.4 Å². The highest BCUT2D eigenvalue weighted by Crippen LogP contribution is 2.60. The minimum absolute atomic E-state index is 0.0148. The van der Waals surface area contributed by atoms with E-state index in [1.165, 1.54) is 30.3 Å². The lowest BCUT2D eigenvalue weighted by Gasteiger charge is -2.37. The summed E-state index contributed by atoms with van der Waals surface area (Å²) in [6.45, 7) is 2.41. The van der Waals surface area contributed by atoms with Crippen LogP contribution >= 0.6 is 11.6 Å². The molecule has 0 radical (unpaired) electrons. The van der Waals surface area contributed by atoms with Gasteiger partial charge in [0.15, 0.2) is 32.7 Å². The highest BCUT2D eigenvalue weighted by molar-refractivity contribution is 7.86. The molecule has 69 heavy (non-hydrogen) atoms. The summed E-state index contributed by atoms with van der Waals surface area (Å²) in [5.74, 6) is -1.39. The number of carbonyl (C=O) groups is 3. The van der Waals surface area contributed by atoms with Crippen molar-refractivity contribution in [3.63, 3.8) is 0 Å². The number of esters is 1. The Bertz CT molecular complexity index is 3330. The summed E-state index contributed by atoms with van der Waals surface area (Å²) in [4.78, 5) is 43.8. The van der Waals surface area contributed by atoms with Crippen LogP contribution in [0.5, 0.6) is 17.2 Å². The molecule has 356 valence electrons. The number of halogens is 1. The molecule has 0 saturated carbocycles. The van der Waals surface area contributed by atoms with Crippen LogP contribution in [0.3, 0.4) is 0 Å². The van der Waals surface area contributed by atoms with Gasteiger partial charge in [-0.05, 0) is 92.9 Å². The van der Waals surface area contributed by atoms with Crippen molar-refractivity contribution < 1.29 is 54.5 Å². The van der Waals surface area contributed by atoms with Crippen LogP contribution in [0.4, 0.5) is 11.4 Å². The van der Waals surface area contributed by atoms with Gasteiger partial charge in [0, 0.05) is 51.5 Å². The number of hydrogen-bond acceptors (Lipinski definition) is 15. The molecule has 0 saturated heterocycles. The van der Waals surface area contributed by atoms with E-state index in [2.05, 4.69) is 20.8 Å². The van der Waals surface area contributed by atoms with Crippen molar-refractivity contribution in [3.8, 4) is 22.9 Å². The van der Waals surface area contributed by atoms with Crippen molar-refractivity contribution in [2.45, 2.75) is 54.0 Å². The number of hydrogen-bond donors (Lipinski definition) is 6. The summed E-state index contributed by atoms with van der Waals surface area (Å²) in [6.07, 6.45) is 1.73. The third-order valence-corrected chi connectivity index (χ3v) is 14.1. The lowest BCUT2D eigenvalue weighted by molar-refractivity contribution is -0.121. The Labute approximate surface area is 399 Å². The van der Waals surface area contributed by atoms with E-state index < -0.39 is 76.4 Å². The number of nitrogens with two attached hydrogens (primary N) is 2. The van der Waals surface area contributed by atoms with Gasteiger partial charge in [-0.15, -0.1) is 10.2 Å². The molecule has 0 fully saturated rings. The number of aryl methyl sites for hydroxylation is 1. The van der Waals surface area contributed by atoms with E-state index in [0.29, 0.717) is 53.9 Å². The van der Waals surface area contributed by atoms with Gasteiger partial charge in [0.1, 0.15) is 17.6 Å². The summed E-state index contributed by atoms with van der Waals surface area (Å²) in [5.41, 5.74) is 11.4. The molecule has 1 spiro atoms. The molecule has 1 atom stereocenters. The Hall–Kier alpha value is -7.37. The zero-order valence-corrected chi connectivity index (χ0v) is 38.9. The van der Waals surface area contributed by atoms with Gasteiger partial charge in [-0.1, -0.05) is 29.8 Å². The molecular weight excluding hydrogens is 956 g/mol. The first kappa shape index (κ1) is 46.7. The van der Waals surface area contributed by atoms with Crippen molar-refractivity contribution in [1.29, 1.82) is 0 Å². The fourth-order valence-corrected chi connectivity index (χ4v) is 10.5. The molecule has 2 amide bonds. The van der Waals surface area contributed by atoms with E-state index in [9.17, 15) is 40.3 Å². The quantitative estimate of drug-likeness (QED) is 0.0362. The van der Waals surface area contributed by atoms with E-state index in [0.717, 1.165) is 28.9 Å². The monoisotopic (exact) mass is 996 g/mol. The lowest BCUT2D eigenvalue weighted by atomic mass is 9.77. The second kappa shape index (κ2) is 17.6. The molecule has 5 aromatic carbocycles. The first-order valence-corrected chi connectivity index (χ1v) is 24.4. The molecule has 9 rings (SSSR count). The molecule has 6 aromatic rings. The number of amides is 2. The van der Waals surface area contributed by atoms with Crippen LogP contribution in [0.2, 0.25) is 5.02 Å². The van der Waals surface area contributed by atoms with Gasteiger partial charge < -0.3 is 36.3 Å². The van der Waals surface area contributed by atoms with Gasteiger partial charge >= 0.3 is 5.97 Å². The van der Waals surface area contributed by atoms with E-state index in [1.54, 1.807) is 19.2 Å². The topological polar surface area (TPSA) is 307 Å². The zero-order chi connectivity index (χ0) is 49.2. The van der Waals surface area contributed by atoms with Crippen LogP contribution in [0.25, 0.3) is 5.69 Å². The highest BCUT2D eigenvalue weighted by atomic mass is 35.5. The Balaban J connectivity index is 0.867. The number of carbonyl (C=O) groups excluding carboxylic acids is 3. The molecule has 1 aromatic heterocycles. The number of methoxy groups -OCH3 is 1. The van der Waals surface area contributed by atoms with E-state index in [4.69, 9.17) is 42.3 Å². The molecular formula is C46H41ClN8O12S2. The summed E-state index contributed by atoms with van der Waals surface area (Å²) in [6, 6.07) is 21.0. The smallest absolute Gasteiger partial charge is 0.340 e. The lowest BCUT2D eigenvalue weighted by Crippen LogP contribution is -2.34. The maximum atomic E-state index is 13.7. The number of rotatable bonds is 13. The van der Waals surface area contributed by atoms with Gasteiger partial charge in [-0.3, -0.25) is 28.3 Å². The van der Waals surface area contributed by atoms with Crippen LogP contribution in [0.1, 0.15) is 91.9 Å². The van der Waals surface area contributed by atoms with E-state index >= 15 is 0 Å². The number of nitrogen functional groups attached to an aromatic ring is 2. The molecule has 20 nitrogen and oxygen atoms in total. The first-order chi connectivity index (χ1) is 32.8. The zero-order valence-electron chi connectivity index (χ0n) is 36.5. The van der Waals surface area contributed by atoms with E-state index in [1.807, 2.05) is 41.8 Å². The van der Waals surface area contributed by atoms with Crippen molar-refractivity contribution in [2.75, 3.05) is 31.7 Å². The summed E-state index contributed by atoms with van der Waals surface area (Å²) < 4.78 is 90.2. The molecule has 3 aliphatic heterocycles. The third-order valence-electron chi connectivity index (χ3n) is 12.0. The number of anilines is 2. The number of aliphatic imine (C=N–C) groups is 1. The predicted molar refractivity (Wildman–Crippen MR) is 249 cm³/mol. The molecule has 3 aliphatic rings. The van der Waals surface area contributed by atoms with E-state index in [-0.39, 0.29) is 46.7 Å². The minimum Gasteiger partial charge on any atom is -0.497 e. The Morgan fingerprint density at radius 3 is 2.06 bits per heavy atom. The van der Waals surface area contributed by atoms with Gasteiger partial charge in [0.05, 0.1) is 41.9 Å². The fourth-order valence-electron chi connectivity index (χ4n) is 8.89. The fraction of sp³-hybridized carbons (Fsp3) is 0.217. The summed E-state index contributed by atoms with van der Waals surface area (Å²) >= 11 is 6.22. The van der Waals surface area contributed by atoms with Crippen molar-refractivity contribution in [2.24, 2.45) is 4.99 Å². The van der Waals surface area contributed by atoms with Crippen molar-refractivity contribution >= 4 is 66.7 Å². The first-order valence-electron chi connectivity index (χ1n) is 21.2. The second-order valence-corrected chi connectivity index (χ2v) is 19.5. The number of nitrogens with one attached hydrogen (secondary N) is 2. The van der Waals surface area contributed by atoms with Gasteiger partial charge in [-0.2, -0.15) is 16.8 Å². The van der Waals surface area contributed by atoms with Gasteiger partial charge in [0.25, 0.3) is 26.1 Å². The molecule has 1 unspecified atom stereocenters. The van der Waals surface area contributed by atoms with Crippen LogP contribution in [-0.2, 0) is 35.4 Å². The molecule has 0 bridgehead atoms. The SMILES string of the molecule is COc1ccc2c(c1)C(c1ccc(Cl)cc1)=NC(CC(=O)NCCCCCNC(=O)c1ccc3c(c1)C(=O)OC31c3ccc(N)c(S(=O)(=O)O)c3Oc3c1ccc(N)c3S(=O)(=O)O)c1nnc(C)n1-2. The summed E-state index contributed by atoms with van der Waals surface area (Å²) in [7, 11) is -8.75. The normalized spacial score (nSPS) is 15.3. The van der Waals surface area contributed by atoms with Crippen LogP contribution in [0.15, 0.2) is 99.7 Å². The van der Waals surface area contributed by atoms with Crippen LogP contribution in [0, 0.1) is 6.92 Å². The standard InChI is InChI=1S/C46H41ClN8O12S2/c1-23-53-54-43-35(52-38(24-6-9-26(47)10-7-24)29-21-27(65-2)11-17-36(29)55(23)43)22-37(56)50-18-4-3-5-19-51-44(57)25-8-12-30-28(20-25)45(58)67-46(30)31-13-15-33(48)41(68(59,60)61)39(31)66-40-32(46)14-16-34(49)42(40)69(62,63)64/h6-17,20-21,35H,3-5,18-19,22,48-49H2,1-2H3,(H,50,56)(H,51,57)(H,59,60,61)(H,62,63,64). The Morgan fingerprint density at radius 2 is 1.43 bits per heavy atom. The third kappa shape index (κ3) is 8.28. The molecule has 0 aliphatic carbocycles. The molecule has 23 heteroatoms. The molecule has 4 heterocycles. The number of unbranched alkanes of at least 4 members (excludes halogenated alkanes) is 2. The summed E-state index contributed by atoms with van der Waals surface area (Å²) in [5, 5.41) is 15.1. The predicted octanol–water partition coefficient (Wildman–Crippen LogP) is 5.46. The Morgan fingerprint density at radius 1 is 0.812 bits per heavy atom. The largest absolute Gasteiger partial charge is 0.497 e. The maximum absolute atomic E-state index is 13.7. The van der Waals surface area contributed by atoms with Crippen molar-refractivity contribution in [3.05, 3.63) is 141 Å². The number of fused-ring (bicyclic) bond motifs is 9. The number of benzene rings is 5. The number of aromatic nitrogens is 3. The maximum Gasteiger partial charge on any atom is 0.340 e. The number of ether oxygens (including phenoxy) is 3. The minimum atomic E-state index is -5.17.